The summed E-state index contributed by atoms with van der Waals surface area (Å²) in [7, 11) is 0. The van der Waals surface area contributed by atoms with E-state index in [1.165, 1.54) is 0 Å². The third kappa shape index (κ3) is 3.62. The number of hydrogen-bond acceptors (Lipinski definition) is 6. The highest BCUT2D eigenvalue weighted by Gasteiger charge is 2.36. The van der Waals surface area contributed by atoms with Gasteiger partial charge in [-0.05, 0) is 6.42 Å². The first kappa shape index (κ1) is 17.5. The molecule has 8 nitrogen and oxygen atoms in total. The minimum atomic E-state index is -0.164. The molecule has 1 aromatic heterocycles. The van der Waals surface area contributed by atoms with Crippen LogP contribution in [-0.2, 0) is 20.9 Å². The second kappa shape index (κ2) is 7.77. The maximum absolute atomic E-state index is 12.1. The van der Waals surface area contributed by atoms with Crippen LogP contribution in [-0.4, -0.2) is 66.7 Å². The highest BCUT2D eigenvalue weighted by atomic mass is 16.5. The highest BCUT2D eigenvalue weighted by molar-refractivity contribution is 5.85. The molecule has 0 spiro atoms. The van der Waals surface area contributed by atoms with Crippen LogP contribution in [0.25, 0.3) is 0 Å². The molecule has 2 N–H and O–H groups in total. The van der Waals surface area contributed by atoms with Gasteiger partial charge in [0.1, 0.15) is 18.0 Å². The summed E-state index contributed by atoms with van der Waals surface area (Å²) in [5.74, 6) is 1.23. The lowest BCUT2D eigenvalue weighted by Crippen LogP contribution is -2.56. The van der Waals surface area contributed by atoms with Crippen molar-refractivity contribution in [1.29, 1.82) is 0 Å². The van der Waals surface area contributed by atoms with E-state index in [0.717, 1.165) is 11.4 Å². The predicted molar refractivity (Wildman–Crippen MR) is 93.9 cm³/mol. The zero-order chi connectivity index (χ0) is 17.9. The molecular formula is C18H26N4O4. The topological polar surface area (TPSA) is 84.8 Å². The number of nitrogens with zero attached hydrogens (tertiary/aromatic N) is 2. The van der Waals surface area contributed by atoms with Crippen molar-refractivity contribution >= 4 is 11.7 Å². The van der Waals surface area contributed by atoms with E-state index in [1.807, 2.05) is 17.2 Å². The number of morpholine rings is 1. The summed E-state index contributed by atoms with van der Waals surface area (Å²) in [4.78, 5) is 26.0. The first-order valence-corrected chi connectivity index (χ1v) is 9.41. The highest BCUT2D eigenvalue weighted by Crippen LogP contribution is 2.27. The smallest absolute Gasteiger partial charge is 0.222 e. The zero-order valence-corrected chi connectivity index (χ0v) is 14.9. The van der Waals surface area contributed by atoms with Gasteiger partial charge in [-0.1, -0.05) is 0 Å². The van der Waals surface area contributed by atoms with Crippen LogP contribution in [0, 0.1) is 0 Å². The van der Waals surface area contributed by atoms with Crippen molar-refractivity contribution in [2.24, 2.45) is 0 Å². The van der Waals surface area contributed by atoms with Gasteiger partial charge in [-0.15, -0.1) is 0 Å². The molecule has 4 heterocycles. The molecule has 26 heavy (non-hydrogen) atoms. The number of hydrogen-bond donors (Lipinski definition) is 2. The monoisotopic (exact) mass is 362 g/mol. The lowest BCUT2D eigenvalue weighted by molar-refractivity contribution is -0.135. The van der Waals surface area contributed by atoms with Gasteiger partial charge in [-0.2, -0.15) is 0 Å². The Morgan fingerprint density at radius 2 is 2.15 bits per heavy atom. The number of rotatable bonds is 5. The molecule has 1 aromatic rings. The Balaban J connectivity index is 1.27. The number of carbonyl (C=O) groups excluding carboxylic acids is 2. The molecule has 2 fully saturated rings. The van der Waals surface area contributed by atoms with Crippen LogP contribution >= 0.6 is 0 Å². The van der Waals surface area contributed by atoms with E-state index in [1.54, 1.807) is 0 Å². The number of piperidine rings is 1. The standard InChI is InChI=1S/C18H26N4O4/c23-15-3-4-19-18-17(15)20-11-13-10-14(12-22(13)18)26-7-1-2-16(24)21-5-8-25-9-6-21/h10,12,17-20H,1-9,11H2. The van der Waals surface area contributed by atoms with E-state index in [9.17, 15) is 9.59 Å². The van der Waals surface area contributed by atoms with Gasteiger partial charge in [0.05, 0.1) is 19.8 Å². The Hall–Kier alpha value is -1.90. The summed E-state index contributed by atoms with van der Waals surface area (Å²) in [6, 6.07) is 1.84. The maximum Gasteiger partial charge on any atom is 0.222 e. The van der Waals surface area contributed by atoms with Crippen molar-refractivity contribution < 1.29 is 19.1 Å². The number of carbonyl (C=O) groups is 2. The maximum atomic E-state index is 12.1. The number of aromatic nitrogens is 1. The molecule has 8 heteroatoms. The van der Waals surface area contributed by atoms with Gasteiger partial charge in [0, 0.05) is 57.0 Å². The average molecular weight is 362 g/mol. The Morgan fingerprint density at radius 3 is 3.00 bits per heavy atom. The molecular weight excluding hydrogens is 336 g/mol. The van der Waals surface area contributed by atoms with Crippen LogP contribution in [0.2, 0.25) is 0 Å². The van der Waals surface area contributed by atoms with Crippen LogP contribution in [0.5, 0.6) is 5.75 Å². The van der Waals surface area contributed by atoms with Crippen LogP contribution < -0.4 is 15.4 Å². The van der Waals surface area contributed by atoms with Crippen molar-refractivity contribution in [2.75, 3.05) is 39.5 Å². The number of ketones is 1. The molecule has 1 amide bonds. The zero-order valence-electron chi connectivity index (χ0n) is 14.9. The molecule has 0 aliphatic carbocycles. The minimum absolute atomic E-state index is 0.0414. The SMILES string of the molecule is O=C1CCNC2C1NCc1cc(OCCCC(=O)N3CCOCC3)cn12. The van der Waals surface area contributed by atoms with Crippen molar-refractivity contribution in [3.63, 3.8) is 0 Å². The van der Waals surface area contributed by atoms with Crippen molar-refractivity contribution in [3.8, 4) is 5.75 Å². The summed E-state index contributed by atoms with van der Waals surface area (Å²) in [5.41, 5.74) is 1.10. The summed E-state index contributed by atoms with van der Waals surface area (Å²) in [6.45, 7) is 4.51. The third-order valence-corrected chi connectivity index (χ3v) is 5.26. The number of ether oxygens (including phenoxy) is 2. The molecule has 0 saturated carbocycles. The molecule has 4 rings (SSSR count). The Morgan fingerprint density at radius 1 is 1.31 bits per heavy atom. The van der Waals surface area contributed by atoms with Crippen molar-refractivity contribution in [1.82, 2.24) is 20.1 Å². The second-order valence-corrected chi connectivity index (χ2v) is 6.99. The second-order valence-electron chi connectivity index (χ2n) is 6.99. The Bertz CT molecular complexity index is 668. The molecule has 3 aliphatic rings. The number of fused-ring (bicyclic) bond motifs is 3. The fourth-order valence-corrected chi connectivity index (χ4v) is 3.85. The van der Waals surface area contributed by atoms with Gasteiger partial charge in [0.2, 0.25) is 5.91 Å². The normalized spacial score (nSPS) is 25.5. The third-order valence-electron chi connectivity index (χ3n) is 5.26. The van der Waals surface area contributed by atoms with Crippen LogP contribution in [0.3, 0.4) is 0 Å². The largest absolute Gasteiger partial charge is 0.492 e. The molecule has 2 atom stereocenters. The summed E-state index contributed by atoms with van der Waals surface area (Å²) in [5, 5.41) is 6.71. The number of amides is 1. The predicted octanol–water partition coefficient (Wildman–Crippen LogP) is 0.0387. The molecule has 2 unspecified atom stereocenters. The van der Waals surface area contributed by atoms with E-state index < -0.39 is 0 Å². The minimum Gasteiger partial charge on any atom is -0.492 e. The van der Waals surface area contributed by atoms with E-state index in [0.29, 0.717) is 65.3 Å². The lowest BCUT2D eigenvalue weighted by atomic mass is 10.0. The molecule has 0 bridgehead atoms. The summed E-state index contributed by atoms with van der Waals surface area (Å²) >= 11 is 0. The van der Waals surface area contributed by atoms with Gasteiger partial charge >= 0.3 is 0 Å². The van der Waals surface area contributed by atoms with Gasteiger partial charge < -0.3 is 18.9 Å². The number of nitrogens with one attached hydrogen (secondary N) is 2. The fraction of sp³-hybridized carbons (Fsp3) is 0.667. The first-order chi connectivity index (χ1) is 12.7. The van der Waals surface area contributed by atoms with E-state index in [4.69, 9.17) is 9.47 Å². The van der Waals surface area contributed by atoms with Gasteiger partial charge in [0.25, 0.3) is 0 Å². The van der Waals surface area contributed by atoms with Crippen LogP contribution in [0.1, 0.15) is 31.1 Å². The number of Topliss-reactive ketones (excluding diaryl/α,β-unsaturated/α-hetero) is 1. The first-order valence-electron chi connectivity index (χ1n) is 9.41. The fourth-order valence-electron chi connectivity index (χ4n) is 3.85. The molecule has 142 valence electrons. The van der Waals surface area contributed by atoms with Crippen LogP contribution in [0.15, 0.2) is 12.3 Å². The lowest BCUT2D eigenvalue weighted by Gasteiger charge is -2.37. The average Bonchev–Trinajstić information content (AvgIpc) is 3.09. The van der Waals surface area contributed by atoms with E-state index in [-0.39, 0.29) is 23.9 Å². The molecule has 0 aromatic carbocycles. The van der Waals surface area contributed by atoms with E-state index >= 15 is 0 Å². The summed E-state index contributed by atoms with van der Waals surface area (Å²) < 4.78 is 13.2. The Kier molecular flexibility index (Phi) is 5.23. The summed E-state index contributed by atoms with van der Waals surface area (Å²) in [6.07, 6.45) is 3.68. The Labute approximate surface area is 152 Å². The van der Waals surface area contributed by atoms with Crippen molar-refractivity contribution in [3.05, 3.63) is 18.0 Å². The van der Waals surface area contributed by atoms with Crippen LogP contribution in [0.4, 0.5) is 0 Å². The van der Waals surface area contributed by atoms with E-state index in [2.05, 4.69) is 15.2 Å². The molecule has 2 saturated heterocycles. The van der Waals surface area contributed by atoms with Crippen molar-refractivity contribution in [2.45, 2.75) is 38.0 Å². The van der Waals surface area contributed by atoms with Gasteiger partial charge in [-0.3, -0.25) is 20.2 Å². The van der Waals surface area contributed by atoms with Gasteiger partial charge in [0.15, 0.2) is 5.78 Å². The van der Waals surface area contributed by atoms with Gasteiger partial charge in [-0.25, -0.2) is 0 Å². The quantitative estimate of drug-likeness (QED) is 0.720. The molecule has 3 aliphatic heterocycles. The molecule has 0 radical (unpaired) electrons.